The average Bonchev–Trinajstić information content (AvgIpc) is 3.14. The van der Waals surface area contributed by atoms with Crippen molar-refractivity contribution in [3.63, 3.8) is 0 Å². The Morgan fingerprint density at radius 2 is 1.97 bits per heavy atom. The third-order valence-electron chi connectivity index (χ3n) is 4.57. The predicted octanol–water partition coefficient (Wildman–Crippen LogP) is 5.25. The first-order valence-corrected chi connectivity index (χ1v) is 13.8. The molecule has 0 saturated heterocycles. The number of imidazole rings is 1. The van der Waals surface area contributed by atoms with Crippen LogP contribution in [0, 0.1) is 11.8 Å². The molecule has 0 unspecified atom stereocenters. The fraction of sp³-hybridized carbons (Fsp3) is 0.304. The van der Waals surface area contributed by atoms with E-state index in [1.54, 1.807) is 43.8 Å². The summed E-state index contributed by atoms with van der Waals surface area (Å²) in [6.45, 7) is 8.01. The van der Waals surface area contributed by atoms with E-state index < -0.39 is 8.07 Å². The fourth-order valence-corrected chi connectivity index (χ4v) is 3.98. The van der Waals surface area contributed by atoms with E-state index in [-0.39, 0.29) is 5.78 Å². The van der Waals surface area contributed by atoms with Gasteiger partial charge in [-0.25, -0.2) is 4.98 Å². The topological polar surface area (TPSA) is 53.3 Å². The number of hydrogen-bond acceptors (Lipinski definition) is 4. The molecule has 0 spiro atoms. The van der Waals surface area contributed by atoms with Crippen molar-refractivity contribution >= 4 is 36.5 Å². The van der Waals surface area contributed by atoms with Crippen LogP contribution >= 0.6 is 11.6 Å². The second kappa shape index (κ2) is 9.48. The van der Waals surface area contributed by atoms with E-state index in [9.17, 15) is 4.79 Å². The Hall–Kier alpha value is -2.59. The second-order valence-electron chi connectivity index (χ2n) is 8.14. The number of Topliss-reactive ketones (excluding diaryl/α,β-unsaturated/α-hetero) is 1. The van der Waals surface area contributed by atoms with Gasteiger partial charge in [0.1, 0.15) is 12.2 Å². The van der Waals surface area contributed by atoms with Gasteiger partial charge in [-0.2, -0.15) is 0 Å². The van der Waals surface area contributed by atoms with Gasteiger partial charge in [0, 0.05) is 20.2 Å². The number of aromatic nitrogens is 2. The summed E-state index contributed by atoms with van der Waals surface area (Å²) in [5.41, 5.74) is 2.37. The number of ketones is 1. The van der Waals surface area contributed by atoms with Gasteiger partial charge in [0.25, 0.3) is 0 Å². The molecule has 0 bridgehead atoms. The van der Waals surface area contributed by atoms with Crippen molar-refractivity contribution in [1.82, 2.24) is 9.55 Å². The highest BCUT2D eigenvalue weighted by Gasteiger charge is 2.17. The molecule has 1 heterocycles. The summed E-state index contributed by atoms with van der Waals surface area (Å²) in [5.74, 6) is 5.77. The lowest BCUT2D eigenvalue weighted by Crippen LogP contribution is -2.22. The van der Waals surface area contributed by atoms with E-state index >= 15 is 0 Å². The lowest BCUT2D eigenvalue weighted by atomic mass is 10.1. The Kier molecular flexibility index (Phi) is 6.98. The number of methoxy groups -OCH3 is 1. The van der Waals surface area contributed by atoms with E-state index in [2.05, 4.69) is 36.5 Å². The highest BCUT2D eigenvalue weighted by Crippen LogP contribution is 2.34. The first-order chi connectivity index (χ1) is 14.3. The number of ether oxygens (including phenoxy) is 2. The summed E-state index contributed by atoms with van der Waals surface area (Å²) >= 11 is 6.54. The molecule has 0 atom stereocenters. The third kappa shape index (κ3) is 5.31. The van der Waals surface area contributed by atoms with Gasteiger partial charge < -0.3 is 14.0 Å². The van der Waals surface area contributed by atoms with Crippen LogP contribution in [0.25, 0.3) is 11.0 Å². The van der Waals surface area contributed by atoms with E-state index in [1.807, 2.05) is 10.6 Å². The van der Waals surface area contributed by atoms with Crippen LogP contribution in [0.1, 0.15) is 15.9 Å². The maximum absolute atomic E-state index is 12.3. The van der Waals surface area contributed by atoms with Crippen molar-refractivity contribution < 1.29 is 14.3 Å². The largest absolute Gasteiger partial charge is 0.493 e. The van der Waals surface area contributed by atoms with Gasteiger partial charge in [-0.05, 0) is 18.0 Å². The van der Waals surface area contributed by atoms with Gasteiger partial charge in [-0.3, -0.25) is 4.79 Å². The van der Waals surface area contributed by atoms with Gasteiger partial charge in [0.2, 0.25) is 5.78 Å². The van der Waals surface area contributed by atoms with Crippen LogP contribution < -0.4 is 4.74 Å². The quantitative estimate of drug-likeness (QED) is 0.218. The zero-order valence-corrected chi connectivity index (χ0v) is 19.4. The number of halogens is 1. The molecular formula is C23H25ClN2O3Si. The number of hydrogen-bond donors (Lipinski definition) is 0. The Morgan fingerprint density at radius 1 is 1.23 bits per heavy atom. The maximum Gasteiger partial charge on any atom is 0.236 e. The van der Waals surface area contributed by atoms with Crippen molar-refractivity contribution in [3.05, 3.63) is 58.9 Å². The predicted molar refractivity (Wildman–Crippen MR) is 123 cm³/mol. The Morgan fingerprint density at radius 3 is 2.63 bits per heavy atom. The molecule has 5 nitrogen and oxygen atoms in total. The Labute approximate surface area is 183 Å². The molecule has 156 valence electrons. The molecule has 0 saturated carbocycles. The molecule has 30 heavy (non-hydrogen) atoms. The maximum atomic E-state index is 12.3. The van der Waals surface area contributed by atoms with Crippen LogP contribution in [-0.4, -0.2) is 37.1 Å². The molecule has 7 heteroatoms. The zero-order valence-electron chi connectivity index (χ0n) is 17.7. The summed E-state index contributed by atoms with van der Waals surface area (Å²) in [6, 6.07) is 11.7. The molecule has 0 aliphatic heterocycles. The van der Waals surface area contributed by atoms with Crippen molar-refractivity contribution in [2.75, 3.05) is 13.7 Å². The number of fused-ring (bicyclic) bond motifs is 1. The van der Waals surface area contributed by atoms with Crippen LogP contribution in [0.15, 0.2) is 42.7 Å². The third-order valence-corrected chi connectivity index (χ3v) is 6.56. The monoisotopic (exact) mass is 440 g/mol. The van der Waals surface area contributed by atoms with Gasteiger partial charge in [0.05, 0.1) is 29.5 Å². The number of benzene rings is 2. The van der Waals surface area contributed by atoms with Crippen LogP contribution in [0.3, 0.4) is 0 Å². The van der Waals surface area contributed by atoms with Crippen LogP contribution in [0.4, 0.5) is 0 Å². The molecule has 3 rings (SSSR count). The van der Waals surface area contributed by atoms with Gasteiger partial charge in [0.15, 0.2) is 5.75 Å². The zero-order chi connectivity index (χ0) is 21.7. The van der Waals surface area contributed by atoms with Crippen molar-refractivity contribution in [2.45, 2.75) is 32.4 Å². The molecule has 2 aromatic carbocycles. The lowest BCUT2D eigenvalue weighted by molar-refractivity contribution is 0.0898. The van der Waals surface area contributed by atoms with Crippen LogP contribution in [-0.2, 0) is 11.5 Å². The SMILES string of the molecule is COc1c(C#CC(=O)c2ccccc2)cc(Cl)c2c1ncn2COCC[Si](C)(C)C. The highest BCUT2D eigenvalue weighted by molar-refractivity contribution is 6.76. The van der Waals surface area contributed by atoms with Crippen molar-refractivity contribution in [2.24, 2.45) is 0 Å². The lowest BCUT2D eigenvalue weighted by Gasteiger charge is -2.15. The standard InChI is InChI=1S/C23H25ClN2O3Si/c1-28-23-18(10-11-20(27)17-8-6-5-7-9-17)14-19(24)22-21(23)25-15-26(22)16-29-12-13-30(2,3)4/h5-9,14-15H,12-13,16H2,1-4H3. The number of carbonyl (C=O) groups excluding carboxylic acids is 1. The van der Waals surface area contributed by atoms with E-state index in [0.29, 0.717) is 40.8 Å². The molecule has 0 aliphatic carbocycles. The van der Waals surface area contributed by atoms with Gasteiger partial charge in [-0.15, -0.1) is 0 Å². The van der Waals surface area contributed by atoms with Crippen LogP contribution in [0.2, 0.25) is 30.7 Å². The smallest absolute Gasteiger partial charge is 0.236 e. The fourth-order valence-electron chi connectivity index (χ4n) is 2.91. The second-order valence-corrected chi connectivity index (χ2v) is 14.2. The summed E-state index contributed by atoms with van der Waals surface area (Å²) in [6.07, 6.45) is 1.68. The molecule has 0 amide bonds. The average molecular weight is 441 g/mol. The van der Waals surface area contributed by atoms with E-state index in [1.165, 1.54) is 0 Å². The first-order valence-electron chi connectivity index (χ1n) is 9.70. The van der Waals surface area contributed by atoms with Crippen LogP contribution in [0.5, 0.6) is 5.75 Å². The number of nitrogens with zero attached hydrogens (tertiary/aromatic N) is 2. The molecule has 0 N–H and O–H groups in total. The number of carbonyl (C=O) groups is 1. The molecule has 3 aromatic rings. The molecular weight excluding hydrogens is 416 g/mol. The normalized spacial score (nSPS) is 11.2. The minimum Gasteiger partial charge on any atom is -0.493 e. The summed E-state index contributed by atoms with van der Waals surface area (Å²) in [7, 11) is 0.404. The van der Waals surface area contributed by atoms with Crippen molar-refractivity contribution in [1.29, 1.82) is 0 Å². The molecule has 1 aromatic heterocycles. The van der Waals surface area contributed by atoms with E-state index in [4.69, 9.17) is 21.1 Å². The van der Waals surface area contributed by atoms with E-state index in [0.717, 1.165) is 11.6 Å². The highest BCUT2D eigenvalue weighted by atomic mass is 35.5. The summed E-state index contributed by atoms with van der Waals surface area (Å²) in [5, 5.41) is 0.480. The summed E-state index contributed by atoms with van der Waals surface area (Å²) < 4.78 is 13.2. The minimum atomic E-state index is -1.15. The molecule has 0 radical (unpaired) electrons. The van der Waals surface area contributed by atoms with Gasteiger partial charge in [-0.1, -0.05) is 67.5 Å². The number of rotatable bonds is 7. The Balaban J connectivity index is 1.87. The molecule has 0 aliphatic rings. The van der Waals surface area contributed by atoms with Gasteiger partial charge >= 0.3 is 0 Å². The molecule has 0 fully saturated rings. The Bertz CT molecular complexity index is 1110. The summed E-state index contributed by atoms with van der Waals surface area (Å²) in [4.78, 5) is 16.8. The first kappa shape index (κ1) is 22.1. The minimum absolute atomic E-state index is 0.268. The van der Waals surface area contributed by atoms with Crippen molar-refractivity contribution in [3.8, 4) is 17.6 Å².